The van der Waals surface area contributed by atoms with Gasteiger partial charge in [-0.15, -0.1) is 0 Å². The summed E-state index contributed by atoms with van der Waals surface area (Å²) >= 11 is 0. The topological polar surface area (TPSA) is 38.7 Å². The lowest BCUT2D eigenvalue weighted by molar-refractivity contribution is 0.217. The number of aliphatic hydroxyl groups excluding tert-OH is 1. The van der Waals surface area contributed by atoms with Crippen molar-refractivity contribution in [2.24, 2.45) is 0 Å². The predicted octanol–water partition coefficient (Wildman–Crippen LogP) is 3.00. The molecule has 19 heavy (non-hydrogen) atoms. The number of benzene rings is 1. The van der Waals surface area contributed by atoms with Gasteiger partial charge >= 0.3 is 0 Å². The van der Waals surface area contributed by atoms with E-state index in [1.54, 1.807) is 20.3 Å². The lowest BCUT2D eigenvalue weighted by Gasteiger charge is -2.05. The zero-order valence-corrected chi connectivity index (χ0v) is 11.9. The molecule has 0 saturated carbocycles. The molecule has 1 aromatic carbocycles. The monoisotopic (exact) mass is 262 g/mol. The van der Waals surface area contributed by atoms with Gasteiger partial charge in [-0.25, -0.2) is 0 Å². The van der Waals surface area contributed by atoms with E-state index in [0.29, 0.717) is 11.5 Å². The highest BCUT2D eigenvalue weighted by Crippen LogP contribution is 2.21. The molecule has 0 spiro atoms. The summed E-state index contributed by atoms with van der Waals surface area (Å²) in [7, 11) is 3.21. The van der Waals surface area contributed by atoms with Crippen LogP contribution in [-0.4, -0.2) is 25.4 Å². The van der Waals surface area contributed by atoms with E-state index in [-0.39, 0.29) is 0 Å². The second-order valence-electron chi connectivity index (χ2n) is 4.38. The molecule has 1 rings (SSSR count). The minimum absolute atomic E-state index is 0.566. The summed E-state index contributed by atoms with van der Waals surface area (Å²) in [6, 6.07) is 5.45. The highest BCUT2D eigenvalue weighted by Gasteiger charge is 2.01. The molecule has 0 fully saturated rings. The standard InChI is InChI=1S/C16H22O3/c1-4-5-6-7-14(17)9-8-13-10-15(18-2)12-16(11-13)19-3/h10-12,14,17H,4-7H2,1-3H3. The SMILES string of the molecule is CCCCCC(O)C#Cc1cc(OC)cc(OC)c1. The molecule has 0 radical (unpaired) electrons. The Labute approximate surface area is 115 Å². The van der Waals surface area contributed by atoms with Gasteiger partial charge in [-0.1, -0.05) is 31.6 Å². The number of ether oxygens (including phenoxy) is 2. The molecule has 1 aromatic rings. The molecule has 3 heteroatoms. The smallest absolute Gasteiger partial charge is 0.123 e. The van der Waals surface area contributed by atoms with Crippen LogP contribution in [0.2, 0.25) is 0 Å². The van der Waals surface area contributed by atoms with E-state index in [1.807, 2.05) is 12.1 Å². The molecule has 0 bridgehead atoms. The molecule has 0 saturated heterocycles. The van der Waals surface area contributed by atoms with Crippen LogP contribution in [0.15, 0.2) is 18.2 Å². The second-order valence-corrected chi connectivity index (χ2v) is 4.38. The van der Waals surface area contributed by atoms with Crippen LogP contribution < -0.4 is 9.47 Å². The second kappa shape index (κ2) is 8.44. The first kappa shape index (κ1) is 15.4. The van der Waals surface area contributed by atoms with E-state index in [9.17, 15) is 5.11 Å². The Kier molecular flexibility index (Phi) is 6.84. The summed E-state index contributed by atoms with van der Waals surface area (Å²) in [5, 5.41) is 9.75. The molecule has 0 aliphatic rings. The summed E-state index contributed by atoms with van der Waals surface area (Å²) in [5.41, 5.74) is 0.783. The Morgan fingerprint density at radius 1 is 1.11 bits per heavy atom. The summed E-state index contributed by atoms with van der Waals surface area (Å²) < 4.78 is 10.3. The van der Waals surface area contributed by atoms with Crippen LogP contribution in [-0.2, 0) is 0 Å². The van der Waals surface area contributed by atoms with Gasteiger partial charge in [-0.05, 0) is 25.0 Å². The third-order valence-electron chi connectivity index (χ3n) is 2.82. The zero-order valence-electron chi connectivity index (χ0n) is 11.9. The summed E-state index contributed by atoms with van der Waals surface area (Å²) in [6.07, 6.45) is 3.44. The molecule has 1 unspecified atom stereocenters. The number of methoxy groups -OCH3 is 2. The van der Waals surface area contributed by atoms with Gasteiger partial charge in [-0.2, -0.15) is 0 Å². The van der Waals surface area contributed by atoms with Gasteiger partial charge in [0.05, 0.1) is 14.2 Å². The normalized spacial score (nSPS) is 11.4. The van der Waals surface area contributed by atoms with Gasteiger partial charge in [0.1, 0.15) is 17.6 Å². The maximum Gasteiger partial charge on any atom is 0.123 e. The quantitative estimate of drug-likeness (QED) is 0.632. The maximum absolute atomic E-state index is 9.75. The van der Waals surface area contributed by atoms with Crippen molar-refractivity contribution in [3.63, 3.8) is 0 Å². The van der Waals surface area contributed by atoms with E-state index in [2.05, 4.69) is 18.8 Å². The minimum Gasteiger partial charge on any atom is -0.497 e. The molecule has 0 amide bonds. The van der Waals surface area contributed by atoms with E-state index >= 15 is 0 Å². The maximum atomic E-state index is 9.75. The fraction of sp³-hybridized carbons (Fsp3) is 0.500. The van der Waals surface area contributed by atoms with Crippen LogP contribution in [0.4, 0.5) is 0 Å². The molecule has 0 aromatic heterocycles. The van der Waals surface area contributed by atoms with Gasteiger partial charge in [-0.3, -0.25) is 0 Å². The van der Waals surface area contributed by atoms with Gasteiger partial charge < -0.3 is 14.6 Å². The number of aliphatic hydroxyl groups is 1. The molecule has 104 valence electrons. The first-order valence-electron chi connectivity index (χ1n) is 6.62. The van der Waals surface area contributed by atoms with E-state index < -0.39 is 6.10 Å². The van der Waals surface area contributed by atoms with Crippen LogP contribution >= 0.6 is 0 Å². The highest BCUT2D eigenvalue weighted by atomic mass is 16.5. The van der Waals surface area contributed by atoms with E-state index in [0.717, 1.165) is 31.2 Å². The van der Waals surface area contributed by atoms with Crippen molar-refractivity contribution in [3.05, 3.63) is 23.8 Å². The van der Waals surface area contributed by atoms with Crippen LogP contribution in [0.1, 0.15) is 38.2 Å². The molecule has 1 N–H and O–H groups in total. The molecule has 0 aliphatic carbocycles. The molecular weight excluding hydrogens is 240 g/mol. The van der Waals surface area contributed by atoms with Crippen molar-refractivity contribution >= 4 is 0 Å². The number of hydrogen-bond acceptors (Lipinski definition) is 3. The van der Waals surface area contributed by atoms with Gasteiger partial charge in [0.2, 0.25) is 0 Å². The van der Waals surface area contributed by atoms with Crippen LogP contribution in [0, 0.1) is 11.8 Å². The highest BCUT2D eigenvalue weighted by molar-refractivity contribution is 5.46. The third-order valence-corrected chi connectivity index (χ3v) is 2.82. The molecule has 1 atom stereocenters. The first-order valence-corrected chi connectivity index (χ1v) is 6.62. The summed E-state index contributed by atoms with van der Waals surface area (Å²) in [4.78, 5) is 0. The van der Waals surface area contributed by atoms with Crippen molar-refractivity contribution in [2.75, 3.05) is 14.2 Å². The van der Waals surface area contributed by atoms with Crippen LogP contribution in [0.25, 0.3) is 0 Å². The Morgan fingerprint density at radius 2 is 1.74 bits per heavy atom. The molecule has 0 aliphatic heterocycles. The van der Waals surface area contributed by atoms with Gasteiger partial charge in [0.25, 0.3) is 0 Å². The first-order chi connectivity index (χ1) is 9.19. The fourth-order valence-corrected chi connectivity index (χ4v) is 1.71. The Bertz CT molecular complexity index is 421. The Hall–Kier alpha value is -1.66. The van der Waals surface area contributed by atoms with Crippen molar-refractivity contribution < 1.29 is 14.6 Å². The van der Waals surface area contributed by atoms with Crippen molar-refractivity contribution in [1.82, 2.24) is 0 Å². The van der Waals surface area contributed by atoms with Crippen LogP contribution in [0.3, 0.4) is 0 Å². The number of rotatable bonds is 6. The van der Waals surface area contributed by atoms with Gasteiger partial charge in [0.15, 0.2) is 0 Å². The predicted molar refractivity (Wildman–Crippen MR) is 76.6 cm³/mol. The summed E-state index contributed by atoms with van der Waals surface area (Å²) in [6.45, 7) is 2.14. The van der Waals surface area contributed by atoms with E-state index in [1.165, 1.54) is 0 Å². The number of hydrogen-bond donors (Lipinski definition) is 1. The van der Waals surface area contributed by atoms with Crippen molar-refractivity contribution in [1.29, 1.82) is 0 Å². The van der Waals surface area contributed by atoms with Crippen molar-refractivity contribution in [3.8, 4) is 23.3 Å². The Morgan fingerprint density at radius 3 is 2.26 bits per heavy atom. The minimum atomic E-state index is -0.566. The lowest BCUT2D eigenvalue weighted by atomic mass is 10.1. The van der Waals surface area contributed by atoms with Gasteiger partial charge in [0, 0.05) is 11.6 Å². The zero-order chi connectivity index (χ0) is 14.1. The molecule has 3 nitrogen and oxygen atoms in total. The van der Waals surface area contributed by atoms with Crippen LogP contribution in [0.5, 0.6) is 11.5 Å². The number of unbranched alkanes of at least 4 members (excludes halogenated alkanes) is 2. The molecular formula is C16H22O3. The average Bonchev–Trinajstić information content (AvgIpc) is 2.45. The van der Waals surface area contributed by atoms with Crippen molar-refractivity contribution in [2.45, 2.75) is 38.7 Å². The third kappa shape index (κ3) is 5.67. The average molecular weight is 262 g/mol. The molecule has 0 heterocycles. The largest absolute Gasteiger partial charge is 0.497 e. The summed E-state index contributed by atoms with van der Waals surface area (Å²) in [5.74, 6) is 7.21. The fourth-order valence-electron chi connectivity index (χ4n) is 1.71. The van der Waals surface area contributed by atoms with E-state index in [4.69, 9.17) is 9.47 Å². The Balaban J connectivity index is 2.70. The lowest BCUT2D eigenvalue weighted by Crippen LogP contribution is -2.02.